The van der Waals surface area contributed by atoms with E-state index in [-0.39, 0.29) is 5.82 Å². The molecule has 1 heterocycles. The third-order valence-electron chi connectivity index (χ3n) is 2.83. The number of nitrogens with one attached hydrogen (secondary N) is 1. The summed E-state index contributed by atoms with van der Waals surface area (Å²) in [5.74, 6) is 0.604. The van der Waals surface area contributed by atoms with Crippen molar-refractivity contribution in [1.82, 2.24) is 14.9 Å². The van der Waals surface area contributed by atoms with E-state index in [2.05, 4.69) is 24.1 Å². The number of nitrogens with zero attached hydrogens (tertiary/aromatic N) is 2. The molecule has 2 aromatic rings. The molecule has 5 heteroatoms. The van der Waals surface area contributed by atoms with E-state index in [9.17, 15) is 4.39 Å². The van der Waals surface area contributed by atoms with Crippen molar-refractivity contribution >= 4 is 11.6 Å². The molecular weight excluding hydrogens is 265 g/mol. The number of imidazole rings is 1. The Kier molecular flexibility index (Phi) is 4.56. The van der Waals surface area contributed by atoms with Crippen molar-refractivity contribution in [2.24, 2.45) is 0 Å². The van der Waals surface area contributed by atoms with Crippen LogP contribution in [0.5, 0.6) is 0 Å². The topological polar surface area (TPSA) is 29.9 Å². The SMILES string of the molecule is CC(C)NCc1nccn1Cc1ccc(Cl)cc1F. The summed E-state index contributed by atoms with van der Waals surface area (Å²) in [5, 5.41) is 3.71. The Bertz CT molecular complexity index is 551. The summed E-state index contributed by atoms with van der Waals surface area (Å²) in [6.07, 6.45) is 3.58. The zero-order valence-electron chi connectivity index (χ0n) is 11.0. The van der Waals surface area contributed by atoms with Gasteiger partial charge in [-0.1, -0.05) is 31.5 Å². The highest BCUT2D eigenvalue weighted by Gasteiger charge is 2.08. The predicted octanol–water partition coefficient (Wildman–Crippen LogP) is 3.22. The lowest BCUT2D eigenvalue weighted by Crippen LogP contribution is -2.24. The van der Waals surface area contributed by atoms with Gasteiger partial charge in [0.25, 0.3) is 0 Å². The molecule has 1 N–H and O–H groups in total. The van der Waals surface area contributed by atoms with Crippen molar-refractivity contribution in [2.75, 3.05) is 0 Å². The Morgan fingerprint density at radius 3 is 2.89 bits per heavy atom. The van der Waals surface area contributed by atoms with Crippen molar-refractivity contribution in [3.8, 4) is 0 Å². The molecule has 102 valence electrons. The molecule has 0 aliphatic heterocycles. The minimum absolute atomic E-state index is 0.288. The van der Waals surface area contributed by atoms with Crippen LogP contribution < -0.4 is 5.32 Å². The summed E-state index contributed by atoms with van der Waals surface area (Å²) in [4.78, 5) is 4.28. The normalized spacial score (nSPS) is 11.2. The van der Waals surface area contributed by atoms with Gasteiger partial charge in [0.05, 0.1) is 13.1 Å². The first kappa shape index (κ1) is 14.0. The molecule has 0 bridgehead atoms. The molecule has 0 spiro atoms. The monoisotopic (exact) mass is 281 g/mol. The van der Waals surface area contributed by atoms with Crippen LogP contribution in [0.25, 0.3) is 0 Å². The maximum Gasteiger partial charge on any atom is 0.129 e. The Morgan fingerprint density at radius 1 is 1.42 bits per heavy atom. The fourth-order valence-electron chi connectivity index (χ4n) is 1.78. The predicted molar refractivity (Wildman–Crippen MR) is 74.7 cm³/mol. The van der Waals surface area contributed by atoms with Gasteiger partial charge in [-0.25, -0.2) is 9.37 Å². The summed E-state index contributed by atoms with van der Waals surface area (Å²) in [5.41, 5.74) is 0.605. The van der Waals surface area contributed by atoms with Gasteiger partial charge in [0.15, 0.2) is 0 Å². The molecule has 0 saturated heterocycles. The molecule has 0 aliphatic rings. The van der Waals surface area contributed by atoms with Crippen molar-refractivity contribution < 1.29 is 4.39 Å². The first-order valence-electron chi connectivity index (χ1n) is 6.23. The van der Waals surface area contributed by atoms with Gasteiger partial charge in [0, 0.05) is 29.0 Å². The summed E-state index contributed by atoms with van der Waals surface area (Å²) in [6, 6.07) is 5.12. The zero-order valence-corrected chi connectivity index (χ0v) is 11.8. The third-order valence-corrected chi connectivity index (χ3v) is 3.06. The Hall–Kier alpha value is -1.39. The summed E-state index contributed by atoms with van der Waals surface area (Å²) in [6.45, 7) is 5.27. The number of halogens is 2. The average molecular weight is 282 g/mol. The highest BCUT2D eigenvalue weighted by atomic mass is 35.5. The van der Waals surface area contributed by atoms with Gasteiger partial charge in [0.2, 0.25) is 0 Å². The fraction of sp³-hybridized carbons (Fsp3) is 0.357. The van der Waals surface area contributed by atoms with Crippen molar-refractivity contribution in [2.45, 2.75) is 33.0 Å². The largest absolute Gasteiger partial charge is 0.329 e. The Morgan fingerprint density at radius 2 is 2.21 bits per heavy atom. The maximum absolute atomic E-state index is 13.8. The number of aromatic nitrogens is 2. The molecule has 1 aromatic heterocycles. The van der Waals surface area contributed by atoms with Gasteiger partial charge in [-0.3, -0.25) is 0 Å². The van der Waals surface area contributed by atoms with Crippen LogP contribution in [0.2, 0.25) is 5.02 Å². The van der Waals surface area contributed by atoms with Crippen molar-refractivity contribution in [3.05, 3.63) is 52.8 Å². The number of rotatable bonds is 5. The lowest BCUT2D eigenvalue weighted by atomic mass is 10.2. The third kappa shape index (κ3) is 3.78. The molecule has 2 rings (SSSR count). The minimum atomic E-state index is -0.288. The van der Waals surface area contributed by atoms with E-state index in [1.165, 1.54) is 6.07 Å². The summed E-state index contributed by atoms with van der Waals surface area (Å²) in [7, 11) is 0. The lowest BCUT2D eigenvalue weighted by molar-refractivity contribution is 0.547. The molecule has 0 unspecified atom stereocenters. The first-order valence-corrected chi connectivity index (χ1v) is 6.61. The smallest absolute Gasteiger partial charge is 0.129 e. The standard InChI is InChI=1S/C14H17ClFN3/c1-10(2)18-8-14-17-5-6-19(14)9-11-3-4-12(15)7-13(11)16/h3-7,10,18H,8-9H2,1-2H3. The average Bonchev–Trinajstić information content (AvgIpc) is 2.77. The van der Waals surface area contributed by atoms with Crippen LogP contribution >= 0.6 is 11.6 Å². The molecule has 1 aromatic carbocycles. The van der Waals surface area contributed by atoms with Crippen LogP contribution in [0.15, 0.2) is 30.6 Å². The van der Waals surface area contributed by atoms with E-state index in [0.29, 0.717) is 29.7 Å². The van der Waals surface area contributed by atoms with E-state index in [1.807, 2.05) is 10.8 Å². The highest BCUT2D eigenvalue weighted by Crippen LogP contribution is 2.16. The second kappa shape index (κ2) is 6.17. The Labute approximate surface area is 117 Å². The molecular formula is C14H17ClFN3. The molecule has 0 atom stereocenters. The number of hydrogen-bond acceptors (Lipinski definition) is 2. The van der Waals surface area contributed by atoms with Gasteiger partial charge in [-0.05, 0) is 12.1 Å². The first-order chi connectivity index (χ1) is 9.06. The summed E-state index contributed by atoms with van der Waals surface area (Å²) >= 11 is 5.75. The van der Waals surface area contributed by atoms with E-state index in [4.69, 9.17) is 11.6 Å². The molecule has 0 saturated carbocycles. The molecule has 3 nitrogen and oxygen atoms in total. The van der Waals surface area contributed by atoms with E-state index in [1.54, 1.807) is 18.3 Å². The molecule has 0 radical (unpaired) electrons. The van der Waals surface area contributed by atoms with E-state index in [0.717, 1.165) is 5.82 Å². The second-order valence-corrected chi connectivity index (χ2v) is 5.18. The molecule has 0 fully saturated rings. The summed E-state index contributed by atoms with van der Waals surface area (Å²) < 4.78 is 15.7. The van der Waals surface area contributed by atoms with Gasteiger partial charge in [0.1, 0.15) is 11.6 Å². The van der Waals surface area contributed by atoms with Crippen LogP contribution in [0.3, 0.4) is 0 Å². The fourth-order valence-corrected chi connectivity index (χ4v) is 1.94. The Balaban J connectivity index is 2.12. The van der Waals surface area contributed by atoms with Crippen molar-refractivity contribution in [3.63, 3.8) is 0 Å². The van der Waals surface area contributed by atoms with Crippen LogP contribution in [0.4, 0.5) is 4.39 Å². The van der Waals surface area contributed by atoms with E-state index >= 15 is 0 Å². The minimum Gasteiger partial charge on any atom is -0.329 e. The highest BCUT2D eigenvalue weighted by molar-refractivity contribution is 6.30. The quantitative estimate of drug-likeness (QED) is 0.912. The zero-order chi connectivity index (χ0) is 13.8. The van der Waals surface area contributed by atoms with Crippen LogP contribution in [-0.4, -0.2) is 15.6 Å². The molecule has 19 heavy (non-hydrogen) atoms. The maximum atomic E-state index is 13.8. The van der Waals surface area contributed by atoms with Crippen molar-refractivity contribution in [1.29, 1.82) is 0 Å². The number of hydrogen-bond donors (Lipinski definition) is 1. The van der Waals surface area contributed by atoms with Gasteiger partial charge in [-0.2, -0.15) is 0 Å². The van der Waals surface area contributed by atoms with Crippen LogP contribution in [0.1, 0.15) is 25.2 Å². The van der Waals surface area contributed by atoms with Gasteiger partial charge >= 0.3 is 0 Å². The van der Waals surface area contributed by atoms with Crippen LogP contribution in [0, 0.1) is 5.82 Å². The van der Waals surface area contributed by atoms with Crippen LogP contribution in [-0.2, 0) is 13.1 Å². The van der Waals surface area contributed by atoms with E-state index < -0.39 is 0 Å². The second-order valence-electron chi connectivity index (χ2n) is 4.74. The number of benzene rings is 1. The molecule has 0 aliphatic carbocycles. The molecule has 0 amide bonds. The van der Waals surface area contributed by atoms with Gasteiger partial charge < -0.3 is 9.88 Å². The van der Waals surface area contributed by atoms with Gasteiger partial charge in [-0.15, -0.1) is 0 Å². The lowest BCUT2D eigenvalue weighted by Gasteiger charge is -2.11.